The summed E-state index contributed by atoms with van der Waals surface area (Å²) in [4.78, 5) is 34.7. The molecule has 0 unspecified atom stereocenters. The van der Waals surface area contributed by atoms with E-state index in [-0.39, 0.29) is 23.5 Å². The van der Waals surface area contributed by atoms with E-state index in [1.807, 2.05) is 0 Å². The summed E-state index contributed by atoms with van der Waals surface area (Å²) in [5, 5.41) is 2.57. The van der Waals surface area contributed by atoms with Gasteiger partial charge in [0.15, 0.2) is 6.10 Å². The fraction of sp³-hybridized carbons (Fsp3) is 0.500. The Labute approximate surface area is 158 Å². The predicted molar refractivity (Wildman–Crippen MR) is 98.5 cm³/mol. The first kappa shape index (κ1) is 21.0. The molecule has 1 amide bonds. The van der Waals surface area contributed by atoms with Crippen molar-refractivity contribution in [2.24, 2.45) is 0 Å². The second-order valence-corrected chi connectivity index (χ2v) is 8.40. The van der Waals surface area contributed by atoms with Crippen LogP contribution in [0.3, 0.4) is 0 Å². The number of carbonyl (C=O) groups excluding carboxylic acids is 3. The summed E-state index contributed by atoms with van der Waals surface area (Å²) in [5.41, 5.74) is 0.395. The molecule has 0 aliphatic carbocycles. The topological polar surface area (TPSA) is 110 Å². The number of sulfonamides is 1. The van der Waals surface area contributed by atoms with E-state index in [2.05, 4.69) is 5.32 Å². The molecule has 9 heteroatoms. The average Bonchev–Trinajstić information content (AvgIpc) is 3.16. The summed E-state index contributed by atoms with van der Waals surface area (Å²) >= 11 is 0. The second-order valence-electron chi connectivity index (χ2n) is 6.46. The van der Waals surface area contributed by atoms with Crippen LogP contribution in [0.25, 0.3) is 0 Å². The van der Waals surface area contributed by atoms with E-state index in [9.17, 15) is 22.8 Å². The predicted octanol–water partition coefficient (Wildman–Crippen LogP) is 1.71. The number of amides is 1. The molecule has 27 heavy (non-hydrogen) atoms. The van der Waals surface area contributed by atoms with Crippen molar-refractivity contribution in [1.29, 1.82) is 0 Å². The molecule has 1 atom stereocenters. The number of Topliss-reactive ketones (excluding diaryl/α,β-unsaturated/α-hetero) is 1. The molecular weight excluding hydrogens is 372 g/mol. The van der Waals surface area contributed by atoms with Crippen LogP contribution < -0.4 is 5.32 Å². The lowest BCUT2D eigenvalue weighted by molar-refractivity contribution is -0.153. The molecule has 0 spiro atoms. The molecule has 1 fully saturated rings. The van der Waals surface area contributed by atoms with E-state index in [1.54, 1.807) is 0 Å². The zero-order valence-electron chi connectivity index (χ0n) is 15.4. The third kappa shape index (κ3) is 5.86. The molecule has 1 aromatic rings. The monoisotopic (exact) mass is 396 g/mol. The Bertz CT molecular complexity index is 798. The number of ether oxygens (including phenoxy) is 1. The first-order valence-corrected chi connectivity index (χ1v) is 10.2. The molecule has 2 rings (SSSR count). The number of nitrogens with one attached hydrogen (secondary N) is 1. The first-order chi connectivity index (χ1) is 12.7. The van der Waals surface area contributed by atoms with Gasteiger partial charge in [0, 0.05) is 25.2 Å². The minimum atomic E-state index is -3.51. The highest BCUT2D eigenvalue weighted by atomic mass is 32.2. The minimum absolute atomic E-state index is 0.0696. The van der Waals surface area contributed by atoms with Gasteiger partial charge >= 0.3 is 5.97 Å². The van der Waals surface area contributed by atoms with Crippen molar-refractivity contribution >= 4 is 33.4 Å². The normalized spacial score (nSPS) is 15.9. The van der Waals surface area contributed by atoms with Gasteiger partial charge in [-0.3, -0.25) is 9.59 Å². The van der Waals surface area contributed by atoms with Crippen LogP contribution in [0, 0.1) is 0 Å². The number of hydrogen-bond donors (Lipinski definition) is 1. The largest absolute Gasteiger partial charge is 0.453 e. The molecule has 1 aliphatic heterocycles. The standard InChI is InChI=1S/C18H24N2O6S/c1-13(21)5-10-17(22)26-14(2)18(23)19-15-6-8-16(9-7-15)27(24,25)20-11-3-4-12-20/h6-9,14H,3-5,10-12H2,1-2H3,(H,19,23)/t14-/m0/s1. The molecule has 0 bridgehead atoms. The summed E-state index contributed by atoms with van der Waals surface area (Å²) in [7, 11) is -3.51. The highest BCUT2D eigenvalue weighted by Crippen LogP contribution is 2.22. The number of nitrogens with zero attached hydrogens (tertiary/aromatic N) is 1. The van der Waals surface area contributed by atoms with Gasteiger partial charge in [-0.05, 0) is 51.0 Å². The van der Waals surface area contributed by atoms with Crippen molar-refractivity contribution < 1.29 is 27.5 Å². The minimum Gasteiger partial charge on any atom is -0.453 e. The van der Waals surface area contributed by atoms with E-state index in [1.165, 1.54) is 42.4 Å². The number of esters is 1. The Hall–Kier alpha value is -2.26. The molecular formula is C18H24N2O6S. The third-order valence-corrected chi connectivity index (χ3v) is 6.10. The Morgan fingerprint density at radius 1 is 1.11 bits per heavy atom. The summed E-state index contributed by atoms with van der Waals surface area (Å²) in [5.74, 6) is -1.30. The molecule has 1 saturated heterocycles. The van der Waals surface area contributed by atoms with Crippen molar-refractivity contribution in [2.75, 3.05) is 18.4 Å². The number of rotatable bonds is 8. The molecule has 0 aromatic heterocycles. The fourth-order valence-corrected chi connectivity index (χ4v) is 4.14. The number of anilines is 1. The van der Waals surface area contributed by atoms with Gasteiger partial charge in [0.05, 0.1) is 11.3 Å². The second kappa shape index (κ2) is 9.09. The highest BCUT2D eigenvalue weighted by molar-refractivity contribution is 7.89. The van der Waals surface area contributed by atoms with E-state index < -0.39 is 28.0 Å². The molecule has 8 nitrogen and oxygen atoms in total. The molecule has 1 aromatic carbocycles. The van der Waals surface area contributed by atoms with Crippen molar-refractivity contribution in [3.63, 3.8) is 0 Å². The third-order valence-electron chi connectivity index (χ3n) is 4.18. The molecule has 1 heterocycles. The number of carbonyl (C=O) groups is 3. The number of benzene rings is 1. The molecule has 1 N–H and O–H groups in total. The average molecular weight is 396 g/mol. The Morgan fingerprint density at radius 3 is 2.26 bits per heavy atom. The summed E-state index contributed by atoms with van der Waals surface area (Å²) in [6.45, 7) is 3.84. The van der Waals surface area contributed by atoms with Crippen molar-refractivity contribution in [2.45, 2.75) is 50.5 Å². The van der Waals surface area contributed by atoms with Gasteiger partial charge in [-0.2, -0.15) is 4.31 Å². The van der Waals surface area contributed by atoms with Crippen LogP contribution in [-0.4, -0.2) is 49.6 Å². The van der Waals surface area contributed by atoms with Crippen LogP contribution in [0.4, 0.5) is 5.69 Å². The van der Waals surface area contributed by atoms with Crippen LogP contribution >= 0.6 is 0 Å². The van der Waals surface area contributed by atoms with Crippen LogP contribution in [0.2, 0.25) is 0 Å². The molecule has 0 saturated carbocycles. The maximum Gasteiger partial charge on any atom is 0.307 e. The smallest absolute Gasteiger partial charge is 0.307 e. The summed E-state index contributed by atoms with van der Waals surface area (Å²) < 4.78 is 31.4. The van der Waals surface area contributed by atoms with E-state index in [0.29, 0.717) is 18.8 Å². The van der Waals surface area contributed by atoms with Crippen molar-refractivity contribution in [3.8, 4) is 0 Å². The van der Waals surface area contributed by atoms with Gasteiger partial charge < -0.3 is 14.8 Å². The molecule has 1 aliphatic rings. The van der Waals surface area contributed by atoms with Crippen LogP contribution in [-0.2, 0) is 29.1 Å². The quantitative estimate of drug-likeness (QED) is 0.670. The van der Waals surface area contributed by atoms with Crippen LogP contribution in [0.1, 0.15) is 39.5 Å². The Kier molecular flexibility index (Phi) is 7.09. The highest BCUT2D eigenvalue weighted by Gasteiger charge is 2.27. The van der Waals surface area contributed by atoms with E-state index in [4.69, 9.17) is 4.74 Å². The van der Waals surface area contributed by atoms with Gasteiger partial charge in [0.2, 0.25) is 10.0 Å². The lowest BCUT2D eigenvalue weighted by atomic mass is 10.2. The number of hydrogen-bond acceptors (Lipinski definition) is 6. The summed E-state index contributed by atoms with van der Waals surface area (Å²) in [6.07, 6.45) is 0.681. The zero-order valence-corrected chi connectivity index (χ0v) is 16.3. The van der Waals surface area contributed by atoms with Gasteiger partial charge in [-0.25, -0.2) is 8.42 Å². The lowest BCUT2D eigenvalue weighted by Crippen LogP contribution is -2.30. The van der Waals surface area contributed by atoms with Gasteiger partial charge in [0.25, 0.3) is 5.91 Å². The molecule has 148 valence electrons. The SMILES string of the molecule is CC(=O)CCC(=O)O[C@@H](C)C(=O)Nc1ccc(S(=O)(=O)N2CCCC2)cc1. The van der Waals surface area contributed by atoms with Gasteiger partial charge in [0.1, 0.15) is 5.78 Å². The van der Waals surface area contributed by atoms with Gasteiger partial charge in [-0.1, -0.05) is 0 Å². The van der Waals surface area contributed by atoms with E-state index in [0.717, 1.165) is 12.8 Å². The number of ketones is 1. The maximum atomic E-state index is 12.5. The van der Waals surface area contributed by atoms with Crippen molar-refractivity contribution in [1.82, 2.24) is 4.31 Å². The molecule has 0 radical (unpaired) electrons. The van der Waals surface area contributed by atoms with E-state index >= 15 is 0 Å². The maximum absolute atomic E-state index is 12.5. The zero-order chi connectivity index (χ0) is 20.0. The lowest BCUT2D eigenvalue weighted by Gasteiger charge is -2.16. The fourth-order valence-electron chi connectivity index (χ4n) is 2.62. The van der Waals surface area contributed by atoms with Gasteiger partial charge in [-0.15, -0.1) is 0 Å². The van der Waals surface area contributed by atoms with Crippen LogP contribution in [0.5, 0.6) is 0 Å². The van der Waals surface area contributed by atoms with Crippen molar-refractivity contribution in [3.05, 3.63) is 24.3 Å². The summed E-state index contributed by atoms with van der Waals surface area (Å²) in [6, 6.07) is 5.86. The van der Waals surface area contributed by atoms with Crippen LogP contribution in [0.15, 0.2) is 29.2 Å². The first-order valence-electron chi connectivity index (χ1n) is 8.80. The Morgan fingerprint density at radius 2 is 1.70 bits per heavy atom. The Balaban J connectivity index is 1.92.